The molecule has 0 spiro atoms. The highest BCUT2D eigenvalue weighted by atomic mass is 28.3. The zero-order valence-corrected chi connectivity index (χ0v) is 9.18. The fraction of sp³-hybridized carbons (Fsp3) is 0.889. The van der Waals surface area contributed by atoms with E-state index in [2.05, 4.69) is 20.0 Å². The Balaban J connectivity index is 2.87. The molecule has 0 saturated heterocycles. The number of carboxylic acids is 1. The first-order chi connectivity index (χ1) is 5.46. The van der Waals surface area contributed by atoms with Crippen molar-refractivity contribution in [3.8, 4) is 0 Å². The molecule has 0 atom stereocenters. The molecule has 70 valence electrons. The lowest BCUT2D eigenvalue weighted by Crippen LogP contribution is -2.51. The maximum atomic E-state index is 11.1. The topological polar surface area (TPSA) is 37.3 Å². The third-order valence-corrected chi connectivity index (χ3v) is 8.87. The van der Waals surface area contributed by atoms with Crippen molar-refractivity contribution >= 4 is 14.0 Å². The first-order valence-corrected chi connectivity index (χ1v) is 7.90. The lowest BCUT2D eigenvalue weighted by molar-refractivity contribution is -0.143. The van der Waals surface area contributed by atoms with Gasteiger partial charge < -0.3 is 5.11 Å². The van der Waals surface area contributed by atoms with Crippen molar-refractivity contribution in [2.24, 2.45) is 0 Å². The van der Waals surface area contributed by atoms with Crippen LogP contribution in [0.15, 0.2) is 0 Å². The Morgan fingerprint density at radius 3 is 2.08 bits per heavy atom. The molecule has 3 heteroatoms. The molecular weight excluding hydrogens is 168 g/mol. The Morgan fingerprint density at radius 1 is 1.50 bits per heavy atom. The Hall–Kier alpha value is -0.313. The molecule has 0 heterocycles. The van der Waals surface area contributed by atoms with E-state index in [1.807, 2.05) is 0 Å². The molecule has 1 aliphatic rings. The van der Waals surface area contributed by atoms with Crippen LogP contribution in [0.1, 0.15) is 26.2 Å². The SMILES string of the molecule is CC[Si](C)(C)C1(C(=O)O)CCC1. The molecule has 0 aliphatic heterocycles. The maximum Gasteiger partial charge on any atom is 0.306 e. The monoisotopic (exact) mass is 186 g/mol. The van der Waals surface area contributed by atoms with Gasteiger partial charge in [0.05, 0.1) is 13.1 Å². The number of carboxylic acid groups (broad SMARTS) is 1. The third kappa shape index (κ3) is 1.11. The van der Waals surface area contributed by atoms with Gasteiger partial charge in [0.25, 0.3) is 0 Å². The van der Waals surface area contributed by atoms with E-state index in [4.69, 9.17) is 0 Å². The molecule has 0 unspecified atom stereocenters. The van der Waals surface area contributed by atoms with Crippen molar-refractivity contribution in [3.05, 3.63) is 0 Å². The van der Waals surface area contributed by atoms with Crippen LogP contribution >= 0.6 is 0 Å². The summed E-state index contributed by atoms with van der Waals surface area (Å²) in [7, 11) is -1.51. The van der Waals surface area contributed by atoms with E-state index in [0.29, 0.717) is 0 Å². The molecular formula is C9H18O2Si. The molecule has 0 amide bonds. The molecule has 2 nitrogen and oxygen atoms in total. The Morgan fingerprint density at radius 2 is 2.00 bits per heavy atom. The molecule has 12 heavy (non-hydrogen) atoms. The average Bonchev–Trinajstić information content (AvgIpc) is 1.83. The van der Waals surface area contributed by atoms with E-state index in [9.17, 15) is 9.90 Å². The zero-order chi connectivity index (χ0) is 9.41. The summed E-state index contributed by atoms with van der Waals surface area (Å²) in [6.07, 6.45) is 2.97. The number of aliphatic carboxylic acids is 1. The third-order valence-electron chi connectivity index (χ3n) is 3.80. The predicted molar refractivity (Wildman–Crippen MR) is 52.1 cm³/mol. The summed E-state index contributed by atoms with van der Waals surface area (Å²) in [6.45, 7) is 6.55. The summed E-state index contributed by atoms with van der Waals surface area (Å²) in [5, 5.41) is 8.91. The summed E-state index contributed by atoms with van der Waals surface area (Å²) in [5.74, 6) is -0.535. The minimum Gasteiger partial charge on any atom is -0.481 e. The van der Waals surface area contributed by atoms with Crippen LogP contribution in [0.3, 0.4) is 0 Å². The van der Waals surface area contributed by atoms with Crippen molar-refractivity contribution in [2.75, 3.05) is 0 Å². The van der Waals surface area contributed by atoms with Gasteiger partial charge in [0.15, 0.2) is 0 Å². The van der Waals surface area contributed by atoms with Gasteiger partial charge in [-0.2, -0.15) is 0 Å². The van der Waals surface area contributed by atoms with Crippen LogP contribution in [0.2, 0.25) is 24.2 Å². The highest BCUT2D eigenvalue weighted by Crippen LogP contribution is 2.56. The molecule has 1 N–H and O–H groups in total. The molecule has 0 bridgehead atoms. The number of hydrogen-bond acceptors (Lipinski definition) is 1. The first-order valence-electron chi connectivity index (χ1n) is 4.70. The standard InChI is InChI=1S/C9H18O2Si/c1-4-12(2,3)9(8(10)11)6-5-7-9/h4-7H2,1-3H3,(H,10,11). The fourth-order valence-corrected chi connectivity index (χ4v) is 5.01. The van der Waals surface area contributed by atoms with Gasteiger partial charge in [-0.3, -0.25) is 4.79 Å². The van der Waals surface area contributed by atoms with Gasteiger partial charge in [0.2, 0.25) is 0 Å². The minimum absolute atomic E-state index is 0.276. The van der Waals surface area contributed by atoms with Crippen LogP contribution in [0, 0.1) is 0 Å². The van der Waals surface area contributed by atoms with E-state index in [0.717, 1.165) is 25.3 Å². The van der Waals surface area contributed by atoms with Crippen LogP contribution in [0.5, 0.6) is 0 Å². The lowest BCUT2D eigenvalue weighted by Gasteiger charge is -2.48. The highest BCUT2D eigenvalue weighted by Gasteiger charge is 2.55. The number of hydrogen-bond donors (Lipinski definition) is 1. The molecule has 0 aromatic carbocycles. The van der Waals surface area contributed by atoms with E-state index in [1.165, 1.54) is 0 Å². The summed E-state index contributed by atoms with van der Waals surface area (Å²) >= 11 is 0. The number of carbonyl (C=O) groups is 1. The molecule has 1 aliphatic carbocycles. The van der Waals surface area contributed by atoms with Gasteiger partial charge in [0, 0.05) is 0 Å². The minimum atomic E-state index is -1.51. The number of rotatable bonds is 3. The van der Waals surface area contributed by atoms with Gasteiger partial charge in [-0.05, 0) is 12.8 Å². The maximum absolute atomic E-state index is 11.1. The molecule has 0 aromatic rings. The predicted octanol–water partition coefficient (Wildman–Crippen LogP) is 2.72. The van der Waals surface area contributed by atoms with Gasteiger partial charge >= 0.3 is 5.97 Å². The Labute approximate surface area is 75.0 Å². The van der Waals surface area contributed by atoms with E-state index in [1.54, 1.807) is 0 Å². The van der Waals surface area contributed by atoms with E-state index in [-0.39, 0.29) is 5.04 Å². The zero-order valence-electron chi connectivity index (χ0n) is 8.18. The summed E-state index contributed by atoms with van der Waals surface area (Å²) in [4.78, 5) is 11.1. The normalized spacial score (nSPS) is 21.6. The average molecular weight is 186 g/mol. The van der Waals surface area contributed by atoms with Gasteiger partial charge in [-0.25, -0.2) is 0 Å². The Kier molecular flexibility index (Phi) is 2.34. The van der Waals surface area contributed by atoms with Crippen molar-refractivity contribution in [1.29, 1.82) is 0 Å². The first kappa shape index (κ1) is 9.77. The van der Waals surface area contributed by atoms with Crippen LogP contribution in [-0.2, 0) is 4.79 Å². The highest BCUT2D eigenvalue weighted by molar-refractivity contribution is 6.83. The molecule has 0 aromatic heterocycles. The molecule has 1 rings (SSSR count). The second kappa shape index (κ2) is 2.87. The summed E-state index contributed by atoms with van der Waals surface area (Å²) < 4.78 is 0. The van der Waals surface area contributed by atoms with Crippen molar-refractivity contribution < 1.29 is 9.90 Å². The van der Waals surface area contributed by atoms with Gasteiger partial charge in [-0.15, -0.1) is 0 Å². The second-order valence-electron chi connectivity index (χ2n) is 4.48. The van der Waals surface area contributed by atoms with Gasteiger partial charge in [0.1, 0.15) is 0 Å². The fourth-order valence-electron chi connectivity index (χ4n) is 2.05. The Bertz CT molecular complexity index is 195. The van der Waals surface area contributed by atoms with E-state index >= 15 is 0 Å². The van der Waals surface area contributed by atoms with Crippen LogP contribution in [-0.4, -0.2) is 19.1 Å². The van der Waals surface area contributed by atoms with Crippen molar-refractivity contribution in [3.63, 3.8) is 0 Å². The molecule has 1 saturated carbocycles. The quantitative estimate of drug-likeness (QED) is 0.688. The summed E-state index contributed by atoms with van der Waals surface area (Å²) in [5.41, 5.74) is 0. The smallest absolute Gasteiger partial charge is 0.306 e. The lowest BCUT2D eigenvalue weighted by atomic mass is 9.84. The van der Waals surface area contributed by atoms with Crippen LogP contribution < -0.4 is 0 Å². The molecule has 1 fully saturated rings. The van der Waals surface area contributed by atoms with Crippen molar-refractivity contribution in [1.82, 2.24) is 0 Å². The second-order valence-corrected chi connectivity index (χ2v) is 9.91. The summed E-state index contributed by atoms with van der Waals surface area (Å²) in [6, 6.07) is 1.08. The van der Waals surface area contributed by atoms with Gasteiger partial charge in [-0.1, -0.05) is 32.5 Å². The van der Waals surface area contributed by atoms with E-state index < -0.39 is 14.0 Å². The van der Waals surface area contributed by atoms with Crippen LogP contribution in [0.25, 0.3) is 0 Å². The van der Waals surface area contributed by atoms with Crippen molar-refractivity contribution in [2.45, 2.75) is 50.4 Å². The molecule has 0 radical (unpaired) electrons. The van der Waals surface area contributed by atoms with Crippen LogP contribution in [0.4, 0.5) is 0 Å². The largest absolute Gasteiger partial charge is 0.481 e.